The molecule has 5 aromatic rings. The number of hydrogen-bond acceptors (Lipinski definition) is 4. The van der Waals surface area contributed by atoms with Gasteiger partial charge in [0.1, 0.15) is 23.0 Å². The van der Waals surface area contributed by atoms with Crippen LogP contribution in [0.25, 0.3) is 0 Å². The van der Waals surface area contributed by atoms with Crippen LogP contribution in [0.1, 0.15) is 22.3 Å². The maximum Gasteiger partial charge on any atom is 0.264 e. The number of benzene rings is 5. The maximum atomic E-state index is 6.88. The van der Waals surface area contributed by atoms with Gasteiger partial charge in [0, 0.05) is 36.3 Å². The van der Waals surface area contributed by atoms with Crippen LogP contribution in [0, 0.1) is 0 Å². The van der Waals surface area contributed by atoms with Gasteiger partial charge in [0.2, 0.25) is 0 Å². The highest BCUT2D eigenvalue weighted by Gasteiger charge is 2.24. The standard InChI is InChI=1S/C42H46O4Si4/c1-5-47(31-35-21-13-9-14-22-35)43-39-29-41(45-49(7-3)33-37-25-17-11-18-26-37)42(46-50(8-4)34-38-27-19-12-20-28-38)30-40(39)44-48(6-2)32-36-23-15-10-16-24-36/h5-30,47-50H,1-4,31-34H2. The van der Waals surface area contributed by atoms with Crippen LogP contribution in [-0.2, 0) is 24.2 Å². The molecule has 0 saturated carbocycles. The van der Waals surface area contributed by atoms with Crippen LogP contribution in [0.3, 0.4) is 0 Å². The first-order chi connectivity index (χ1) is 24.6. The lowest BCUT2D eigenvalue weighted by atomic mass is 10.2. The Bertz CT molecular complexity index is 1540. The molecule has 0 aliphatic rings. The zero-order chi connectivity index (χ0) is 35.0. The second-order valence-corrected chi connectivity index (χ2v) is 20.8. The van der Waals surface area contributed by atoms with Crippen molar-refractivity contribution in [1.29, 1.82) is 0 Å². The molecule has 8 heteroatoms. The monoisotopic (exact) mass is 726 g/mol. The van der Waals surface area contributed by atoms with Gasteiger partial charge in [-0.25, -0.2) is 0 Å². The van der Waals surface area contributed by atoms with Crippen LogP contribution in [0.5, 0.6) is 23.0 Å². The van der Waals surface area contributed by atoms with E-state index in [0.717, 1.165) is 24.2 Å². The van der Waals surface area contributed by atoms with Crippen molar-refractivity contribution < 1.29 is 17.7 Å². The molecule has 0 amide bonds. The molecule has 4 atom stereocenters. The summed E-state index contributed by atoms with van der Waals surface area (Å²) < 4.78 is 27.5. The summed E-state index contributed by atoms with van der Waals surface area (Å²) in [4.78, 5) is 0. The summed E-state index contributed by atoms with van der Waals surface area (Å²) >= 11 is 0. The average Bonchev–Trinajstić information content (AvgIpc) is 3.16. The SMILES string of the molecule is C=C[SiH](Cc1ccccc1)Oc1cc(O[SiH](C=C)Cc2ccccc2)c(O[SiH](C=C)Cc2ccccc2)cc1O[SiH](C=C)Cc1ccccc1. The molecular weight excluding hydrogens is 681 g/mol. The Kier molecular flexibility index (Phi) is 14.1. The minimum absolute atomic E-state index is 0.642. The zero-order valence-corrected chi connectivity index (χ0v) is 33.2. The molecule has 0 radical (unpaired) electrons. The van der Waals surface area contributed by atoms with E-state index >= 15 is 0 Å². The van der Waals surface area contributed by atoms with Gasteiger partial charge in [-0.05, 0) is 22.3 Å². The highest BCUT2D eigenvalue weighted by Crippen LogP contribution is 2.42. The van der Waals surface area contributed by atoms with E-state index in [4.69, 9.17) is 17.7 Å². The summed E-state index contributed by atoms with van der Waals surface area (Å²) in [5.41, 5.74) is 12.8. The Balaban J connectivity index is 1.54. The van der Waals surface area contributed by atoms with E-state index in [9.17, 15) is 0 Å². The van der Waals surface area contributed by atoms with Gasteiger partial charge >= 0.3 is 0 Å². The fourth-order valence-electron chi connectivity index (χ4n) is 5.62. The van der Waals surface area contributed by atoms with Gasteiger partial charge in [-0.15, -0.1) is 26.3 Å². The highest BCUT2D eigenvalue weighted by atomic mass is 28.3. The van der Waals surface area contributed by atoms with E-state index < -0.39 is 36.2 Å². The van der Waals surface area contributed by atoms with Gasteiger partial charge in [0.15, 0.2) is 0 Å². The van der Waals surface area contributed by atoms with E-state index in [1.54, 1.807) is 0 Å². The lowest BCUT2D eigenvalue weighted by Crippen LogP contribution is -2.28. The van der Waals surface area contributed by atoms with Crippen molar-refractivity contribution >= 4 is 36.2 Å². The molecule has 0 aliphatic heterocycles. The highest BCUT2D eigenvalue weighted by molar-refractivity contribution is 6.59. The van der Waals surface area contributed by atoms with Crippen molar-refractivity contribution in [3.8, 4) is 23.0 Å². The third kappa shape index (κ3) is 11.1. The van der Waals surface area contributed by atoms with Crippen molar-refractivity contribution in [2.75, 3.05) is 0 Å². The summed E-state index contributed by atoms with van der Waals surface area (Å²) in [6.07, 6.45) is 0. The summed E-state index contributed by atoms with van der Waals surface area (Å²) in [5.74, 6) is 2.57. The molecule has 50 heavy (non-hydrogen) atoms. The van der Waals surface area contributed by atoms with Gasteiger partial charge in [0.25, 0.3) is 36.2 Å². The Morgan fingerprint density at radius 1 is 0.340 bits per heavy atom. The predicted molar refractivity (Wildman–Crippen MR) is 219 cm³/mol. The quantitative estimate of drug-likeness (QED) is 0.0760. The summed E-state index contributed by atoms with van der Waals surface area (Å²) in [7, 11) is -7.89. The third-order valence-corrected chi connectivity index (χ3v) is 16.1. The molecule has 0 spiro atoms. The second kappa shape index (κ2) is 19.4. The Labute approximate surface area is 304 Å². The van der Waals surface area contributed by atoms with Crippen LogP contribution < -0.4 is 17.7 Å². The fourth-order valence-corrected chi connectivity index (χ4v) is 12.0. The van der Waals surface area contributed by atoms with Crippen LogP contribution in [0.4, 0.5) is 0 Å². The smallest absolute Gasteiger partial charge is 0.264 e. The second-order valence-electron chi connectivity index (χ2n) is 12.1. The molecular formula is C42H46O4Si4. The van der Waals surface area contributed by atoms with Gasteiger partial charge in [-0.3, -0.25) is 0 Å². The topological polar surface area (TPSA) is 36.9 Å². The molecule has 4 unspecified atom stereocenters. The Hall–Kier alpha value is -4.87. The summed E-state index contributed by atoms with van der Waals surface area (Å²) in [6, 6.07) is 48.8. The zero-order valence-electron chi connectivity index (χ0n) is 28.6. The third-order valence-electron chi connectivity index (χ3n) is 8.29. The molecule has 0 bridgehead atoms. The van der Waals surface area contributed by atoms with Gasteiger partial charge in [-0.1, -0.05) is 144 Å². The fraction of sp³-hybridized carbons (Fsp3) is 0.0952. The van der Waals surface area contributed by atoms with Crippen molar-refractivity contribution in [1.82, 2.24) is 0 Å². The van der Waals surface area contributed by atoms with Crippen LogP contribution >= 0.6 is 0 Å². The van der Waals surface area contributed by atoms with E-state index in [1.165, 1.54) is 22.3 Å². The minimum Gasteiger partial charge on any atom is -0.540 e. The lowest BCUT2D eigenvalue weighted by molar-refractivity contribution is 0.474. The Morgan fingerprint density at radius 2 is 0.540 bits per heavy atom. The van der Waals surface area contributed by atoms with Crippen molar-refractivity contribution in [2.24, 2.45) is 0 Å². The Morgan fingerprint density at radius 3 is 0.720 bits per heavy atom. The summed E-state index contributed by atoms with van der Waals surface area (Å²) in [5, 5.41) is 0. The van der Waals surface area contributed by atoms with E-state index in [2.05, 4.69) is 123 Å². The molecule has 0 fully saturated rings. The molecule has 0 heterocycles. The van der Waals surface area contributed by atoms with E-state index in [0.29, 0.717) is 23.0 Å². The van der Waals surface area contributed by atoms with E-state index in [-0.39, 0.29) is 0 Å². The first-order valence-electron chi connectivity index (χ1n) is 17.1. The number of rotatable bonds is 20. The van der Waals surface area contributed by atoms with E-state index in [1.807, 2.05) is 59.2 Å². The number of hydrogen-bond donors (Lipinski definition) is 0. The molecule has 254 valence electrons. The largest absolute Gasteiger partial charge is 0.540 e. The first-order valence-corrected chi connectivity index (χ1v) is 24.9. The molecule has 5 aromatic carbocycles. The first kappa shape index (κ1) is 36.4. The van der Waals surface area contributed by atoms with Crippen LogP contribution in [0.2, 0.25) is 0 Å². The van der Waals surface area contributed by atoms with Crippen LogP contribution in [-0.4, -0.2) is 36.2 Å². The molecule has 0 aromatic heterocycles. The van der Waals surface area contributed by atoms with Gasteiger partial charge in [0.05, 0.1) is 0 Å². The lowest BCUT2D eigenvalue weighted by Gasteiger charge is -2.26. The molecule has 0 aliphatic carbocycles. The molecule has 0 N–H and O–H groups in total. The van der Waals surface area contributed by atoms with Crippen molar-refractivity contribution in [3.63, 3.8) is 0 Å². The average molecular weight is 727 g/mol. The maximum absolute atomic E-state index is 6.88. The minimum atomic E-state index is -1.97. The van der Waals surface area contributed by atoms with Gasteiger partial charge in [-0.2, -0.15) is 0 Å². The van der Waals surface area contributed by atoms with Crippen LogP contribution in [0.15, 0.2) is 183 Å². The molecule has 0 saturated heterocycles. The predicted octanol–water partition coefficient (Wildman–Crippen LogP) is 8.13. The molecule has 4 nitrogen and oxygen atoms in total. The van der Waals surface area contributed by atoms with Crippen molar-refractivity contribution in [2.45, 2.75) is 24.2 Å². The van der Waals surface area contributed by atoms with Gasteiger partial charge < -0.3 is 17.7 Å². The van der Waals surface area contributed by atoms with Crippen molar-refractivity contribution in [3.05, 3.63) is 205 Å². The summed E-state index contributed by atoms with van der Waals surface area (Å²) in [6.45, 7) is 16.7. The molecule has 5 rings (SSSR count). The normalized spacial score (nSPS) is 13.1.